The number of para-hydroxylation sites is 1. The Bertz CT molecular complexity index is 1900. The summed E-state index contributed by atoms with van der Waals surface area (Å²) in [7, 11) is 0. The molecule has 6 rings (SSSR count). The number of aromatic nitrogens is 1. The Morgan fingerprint density at radius 1 is 0.796 bits per heavy atom. The molecule has 4 aromatic carbocycles. The first kappa shape index (κ1) is 37.8. The molecule has 4 nitrogen and oxygen atoms in total. The van der Waals surface area contributed by atoms with E-state index < -0.39 is 0 Å². The van der Waals surface area contributed by atoms with Crippen LogP contribution in [0.15, 0.2) is 103 Å². The average Bonchev–Trinajstić information content (AvgIpc) is 3.23. The van der Waals surface area contributed by atoms with Gasteiger partial charge in [0, 0.05) is 49.8 Å². The van der Waals surface area contributed by atoms with Crippen molar-refractivity contribution >= 4 is 16.6 Å². The van der Waals surface area contributed by atoms with E-state index in [0.717, 1.165) is 76.9 Å². The van der Waals surface area contributed by atoms with Crippen LogP contribution in [0.25, 0.3) is 44.3 Å². The molecule has 0 aliphatic carbocycles. The molecule has 5 aromatic rings. The van der Waals surface area contributed by atoms with Gasteiger partial charge in [-0.2, -0.15) is 0 Å². The van der Waals surface area contributed by atoms with Crippen molar-refractivity contribution < 1.29 is 34.7 Å². The van der Waals surface area contributed by atoms with Gasteiger partial charge in [-0.25, -0.2) is 0 Å². The molecule has 2 heterocycles. The van der Waals surface area contributed by atoms with Gasteiger partial charge in [0.15, 0.2) is 5.78 Å². The third kappa shape index (κ3) is 8.76. The SMILES string of the molecule is CC(C)Cc1ccc2c(-c3[c-]cc4c(c3)-c3ccccc3-c3ccccc3O4)nccc2c1.CCC(CC)C(=O)/C=C(\O)C(CC)CC.[Ir]. The number of carbonyl (C=O) groups excluding carboxylic acids is 1. The summed E-state index contributed by atoms with van der Waals surface area (Å²) >= 11 is 0. The topological polar surface area (TPSA) is 59.4 Å². The molecule has 0 bridgehead atoms. The number of hydrogen-bond acceptors (Lipinski definition) is 4. The molecule has 257 valence electrons. The number of fused-ring (bicyclic) bond motifs is 6. The van der Waals surface area contributed by atoms with E-state index in [1.165, 1.54) is 22.6 Å². The minimum absolute atomic E-state index is 0. The monoisotopic (exact) mass is 831 g/mol. The smallest absolute Gasteiger partial charge is 0.162 e. The Kier molecular flexibility index (Phi) is 13.5. The van der Waals surface area contributed by atoms with Crippen LogP contribution in [0.5, 0.6) is 11.5 Å². The number of allylic oxidation sites excluding steroid dienone is 2. The van der Waals surface area contributed by atoms with Crippen molar-refractivity contribution in [3.63, 3.8) is 0 Å². The van der Waals surface area contributed by atoms with Gasteiger partial charge in [-0.15, -0.1) is 23.8 Å². The second kappa shape index (κ2) is 17.6. The molecule has 0 atom stereocenters. The van der Waals surface area contributed by atoms with Crippen molar-refractivity contribution in [2.75, 3.05) is 0 Å². The summed E-state index contributed by atoms with van der Waals surface area (Å²) in [5.74, 6) is 2.86. The van der Waals surface area contributed by atoms with E-state index in [1.807, 2.05) is 52.1 Å². The second-order valence-electron chi connectivity index (χ2n) is 13.1. The molecule has 0 amide bonds. The van der Waals surface area contributed by atoms with Crippen LogP contribution >= 0.6 is 0 Å². The number of ketones is 1. The van der Waals surface area contributed by atoms with Crippen molar-refractivity contribution in [3.05, 3.63) is 115 Å². The summed E-state index contributed by atoms with van der Waals surface area (Å²) in [6, 6.07) is 33.1. The number of carbonyl (C=O) groups is 1. The molecule has 1 aliphatic heterocycles. The summed E-state index contributed by atoms with van der Waals surface area (Å²) in [5.41, 5.74) is 7.78. The van der Waals surface area contributed by atoms with Gasteiger partial charge in [0.25, 0.3) is 0 Å². The van der Waals surface area contributed by atoms with Crippen molar-refractivity contribution in [2.45, 2.75) is 73.6 Å². The molecule has 5 heteroatoms. The van der Waals surface area contributed by atoms with E-state index in [4.69, 9.17) is 9.72 Å². The number of benzene rings is 4. The molecular formula is C44H48IrNO3-. The summed E-state index contributed by atoms with van der Waals surface area (Å²) in [5, 5.41) is 12.1. The fourth-order valence-electron chi connectivity index (χ4n) is 6.58. The van der Waals surface area contributed by atoms with Gasteiger partial charge in [0.2, 0.25) is 0 Å². The van der Waals surface area contributed by atoms with Gasteiger partial charge in [-0.05, 0) is 83.3 Å². The maximum Gasteiger partial charge on any atom is 0.162 e. The predicted octanol–water partition coefficient (Wildman–Crippen LogP) is 12.2. The number of aliphatic hydroxyl groups is 1. The number of nitrogens with zero attached hydrogens (tertiary/aromatic N) is 1. The van der Waals surface area contributed by atoms with Crippen molar-refractivity contribution in [1.29, 1.82) is 0 Å². The zero-order chi connectivity index (χ0) is 34.2. The van der Waals surface area contributed by atoms with Crippen LogP contribution in [0.1, 0.15) is 72.8 Å². The molecule has 0 saturated heterocycles. The Morgan fingerprint density at radius 2 is 1.43 bits per heavy atom. The van der Waals surface area contributed by atoms with Crippen LogP contribution in [-0.4, -0.2) is 15.9 Å². The van der Waals surface area contributed by atoms with E-state index in [2.05, 4.69) is 86.6 Å². The van der Waals surface area contributed by atoms with Crippen LogP contribution in [0.4, 0.5) is 0 Å². The Hall–Kier alpha value is -4.05. The maximum atomic E-state index is 11.7. The molecule has 1 aromatic heterocycles. The number of ether oxygens (including phenoxy) is 1. The minimum atomic E-state index is 0. The summed E-state index contributed by atoms with van der Waals surface area (Å²) in [6.07, 6.45) is 7.88. The quantitative estimate of drug-likeness (QED) is 0.0849. The molecular weight excluding hydrogens is 783 g/mol. The Labute approximate surface area is 306 Å². The molecule has 1 radical (unpaired) electrons. The molecule has 0 fully saturated rings. The molecule has 0 saturated carbocycles. The summed E-state index contributed by atoms with van der Waals surface area (Å²) in [6.45, 7) is 12.6. The molecule has 0 spiro atoms. The van der Waals surface area contributed by atoms with Crippen molar-refractivity contribution in [3.8, 4) is 45.0 Å². The molecule has 1 N–H and O–H groups in total. The fraction of sp³-hybridized carbons (Fsp3) is 0.318. The second-order valence-corrected chi connectivity index (χ2v) is 13.1. The summed E-state index contributed by atoms with van der Waals surface area (Å²) < 4.78 is 6.36. The van der Waals surface area contributed by atoms with Crippen molar-refractivity contribution in [1.82, 2.24) is 4.98 Å². The predicted molar refractivity (Wildman–Crippen MR) is 199 cm³/mol. The maximum absolute atomic E-state index is 11.7. The summed E-state index contributed by atoms with van der Waals surface area (Å²) in [4.78, 5) is 16.5. The van der Waals surface area contributed by atoms with Crippen LogP contribution < -0.4 is 4.74 Å². The van der Waals surface area contributed by atoms with Gasteiger partial charge in [0.1, 0.15) is 5.75 Å². The van der Waals surface area contributed by atoms with Gasteiger partial charge in [0.05, 0.1) is 11.5 Å². The van der Waals surface area contributed by atoms with E-state index in [9.17, 15) is 9.90 Å². The number of hydrogen-bond donors (Lipinski definition) is 1. The third-order valence-corrected chi connectivity index (χ3v) is 9.34. The minimum Gasteiger partial charge on any atom is -0.512 e. The molecule has 0 unspecified atom stereocenters. The van der Waals surface area contributed by atoms with Crippen LogP contribution in [-0.2, 0) is 31.3 Å². The van der Waals surface area contributed by atoms with Gasteiger partial charge < -0.3 is 14.8 Å². The van der Waals surface area contributed by atoms with Gasteiger partial charge in [-0.1, -0.05) is 108 Å². The average molecular weight is 831 g/mol. The van der Waals surface area contributed by atoms with Crippen LogP contribution in [0, 0.1) is 23.8 Å². The number of pyridine rings is 1. The van der Waals surface area contributed by atoms with E-state index >= 15 is 0 Å². The Morgan fingerprint density at radius 3 is 2.08 bits per heavy atom. The zero-order valence-electron chi connectivity index (χ0n) is 29.5. The fourth-order valence-corrected chi connectivity index (χ4v) is 6.58. The zero-order valence-corrected chi connectivity index (χ0v) is 31.9. The largest absolute Gasteiger partial charge is 0.512 e. The van der Waals surface area contributed by atoms with Crippen molar-refractivity contribution in [2.24, 2.45) is 17.8 Å². The molecule has 1 aliphatic rings. The first-order chi connectivity index (χ1) is 23.3. The van der Waals surface area contributed by atoms with E-state index in [-0.39, 0.29) is 43.5 Å². The number of rotatable bonds is 10. The normalized spacial score (nSPS) is 11.9. The molecule has 49 heavy (non-hydrogen) atoms. The first-order valence-corrected chi connectivity index (χ1v) is 17.5. The van der Waals surface area contributed by atoms with E-state index in [1.54, 1.807) is 0 Å². The standard InChI is InChI=1S/C31H24NO.C13H24O2.Ir/c1-20(2)17-21-11-13-24-22(18-21)15-16-32-31(24)23-12-14-30-28(19-23)26-8-4-3-7-25(26)27-9-5-6-10-29(27)33-30;1-5-10(6-2)12(14)9-13(15)11(7-3)8-4;/h3-11,13-16,18-20H,17H2,1-2H3;9-11,14H,5-8H2,1-4H3;/q-1;;/b;12-9-;. The van der Waals surface area contributed by atoms with E-state index in [0.29, 0.717) is 5.92 Å². The number of aliphatic hydroxyl groups excluding tert-OH is 1. The third-order valence-electron chi connectivity index (χ3n) is 9.34. The van der Waals surface area contributed by atoms with Gasteiger partial charge in [-0.3, -0.25) is 4.79 Å². The van der Waals surface area contributed by atoms with Crippen LogP contribution in [0.2, 0.25) is 0 Å². The first-order valence-electron chi connectivity index (χ1n) is 17.5. The Balaban J connectivity index is 0.000000290. The van der Waals surface area contributed by atoms with Crippen LogP contribution in [0.3, 0.4) is 0 Å². The van der Waals surface area contributed by atoms with Gasteiger partial charge >= 0.3 is 0 Å².